The minimum absolute atomic E-state index is 0.0160. The second kappa shape index (κ2) is 12.0. The fraction of sp³-hybridized carbons (Fsp3) is 0.444. The van der Waals surface area contributed by atoms with Crippen molar-refractivity contribution in [3.63, 3.8) is 0 Å². The van der Waals surface area contributed by atoms with Gasteiger partial charge in [-0.05, 0) is 48.7 Å². The number of hydrogen-bond donors (Lipinski definition) is 1. The Morgan fingerprint density at radius 1 is 1.11 bits per heavy atom. The van der Waals surface area contributed by atoms with Crippen molar-refractivity contribution in [2.75, 3.05) is 39.9 Å². The Kier molecular flexibility index (Phi) is 8.56. The summed E-state index contributed by atoms with van der Waals surface area (Å²) in [5.41, 5.74) is 1.74. The molecule has 0 unspecified atom stereocenters. The predicted octanol–water partition coefficient (Wildman–Crippen LogP) is 2.13. The lowest BCUT2D eigenvalue weighted by atomic mass is 10.0. The third-order valence-electron chi connectivity index (χ3n) is 6.44. The molecule has 2 aromatic rings. The molecule has 0 aromatic heterocycles. The Balaban J connectivity index is 1.60. The Morgan fingerprint density at radius 2 is 1.83 bits per heavy atom. The summed E-state index contributed by atoms with van der Waals surface area (Å²) in [5, 5.41) is 3.02. The van der Waals surface area contributed by atoms with Gasteiger partial charge in [-0.15, -0.1) is 0 Å². The van der Waals surface area contributed by atoms with E-state index in [1.807, 2.05) is 55.5 Å². The molecule has 1 saturated heterocycles. The van der Waals surface area contributed by atoms with Crippen LogP contribution in [0.4, 0.5) is 0 Å². The van der Waals surface area contributed by atoms with Crippen LogP contribution in [0.2, 0.25) is 0 Å². The zero-order valence-electron chi connectivity index (χ0n) is 20.8. The lowest BCUT2D eigenvalue weighted by Gasteiger charge is -2.39. The number of carbonyl (C=O) groups is 3. The first-order valence-corrected chi connectivity index (χ1v) is 12.3. The van der Waals surface area contributed by atoms with E-state index in [9.17, 15) is 14.4 Å². The fourth-order valence-corrected chi connectivity index (χ4v) is 4.56. The Hall–Kier alpha value is -3.43. The number of likely N-dealkylation sites (tertiary alicyclic amines) is 1. The number of carbonyl (C=O) groups excluding carboxylic acids is 3. The van der Waals surface area contributed by atoms with Gasteiger partial charge >= 0.3 is 0 Å². The molecule has 2 atom stereocenters. The minimum atomic E-state index is -0.411. The summed E-state index contributed by atoms with van der Waals surface area (Å²) < 4.78 is 17.3. The van der Waals surface area contributed by atoms with Crippen LogP contribution in [0.3, 0.4) is 0 Å². The van der Waals surface area contributed by atoms with Gasteiger partial charge in [-0.2, -0.15) is 0 Å². The van der Waals surface area contributed by atoms with Gasteiger partial charge in [0.25, 0.3) is 0 Å². The van der Waals surface area contributed by atoms with Crippen LogP contribution in [0.5, 0.6) is 11.5 Å². The summed E-state index contributed by atoms with van der Waals surface area (Å²) in [6, 6.07) is 14.6. The number of benzene rings is 2. The maximum Gasteiger partial charge on any atom is 0.248 e. The summed E-state index contributed by atoms with van der Waals surface area (Å²) in [5.74, 6) is 0.740. The highest BCUT2D eigenvalue weighted by Gasteiger charge is 2.33. The van der Waals surface area contributed by atoms with Crippen LogP contribution in [-0.4, -0.2) is 79.6 Å². The number of hydrogen-bond acceptors (Lipinski definition) is 6. The van der Waals surface area contributed by atoms with Crippen molar-refractivity contribution in [1.29, 1.82) is 0 Å². The van der Waals surface area contributed by atoms with E-state index in [-0.39, 0.29) is 43.4 Å². The van der Waals surface area contributed by atoms with Crippen LogP contribution in [-0.2, 0) is 36.9 Å². The molecule has 0 saturated carbocycles. The standard InChI is InChI=1S/C27H33N3O6/c1-3-29-16-25(31)28-23-15-30(27(33)18-34-2)11-10-24(23)35-17-20-7-5-9-22(13-20)36-21-8-4-6-19(12-21)14-26(29)32/h4-9,12-13,23-24H,3,10-11,14-18H2,1-2H3,(H,28,31)/t23-,24-/m0/s1. The molecule has 4 rings (SSSR count). The zero-order valence-corrected chi connectivity index (χ0v) is 20.8. The number of methoxy groups -OCH3 is 1. The first-order chi connectivity index (χ1) is 17.4. The predicted molar refractivity (Wildman–Crippen MR) is 132 cm³/mol. The molecule has 1 N–H and O–H groups in total. The Bertz CT molecular complexity index is 1090. The molecule has 36 heavy (non-hydrogen) atoms. The summed E-state index contributed by atoms with van der Waals surface area (Å²) in [6.45, 7) is 3.32. The second-order valence-electron chi connectivity index (χ2n) is 9.07. The number of fused-ring (bicyclic) bond motifs is 5. The topological polar surface area (TPSA) is 97.4 Å². The summed E-state index contributed by atoms with van der Waals surface area (Å²) in [7, 11) is 1.48. The van der Waals surface area contributed by atoms with Gasteiger partial charge in [0.2, 0.25) is 17.7 Å². The molecular formula is C27H33N3O6. The number of rotatable bonds is 3. The van der Waals surface area contributed by atoms with E-state index in [2.05, 4.69) is 5.32 Å². The van der Waals surface area contributed by atoms with Gasteiger partial charge in [0.15, 0.2) is 0 Å². The van der Waals surface area contributed by atoms with Crippen molar-refractivity contribution in [3.8, 4) is 11.5 Å². The fourth-order valence-electron chi connectivity index (χ4n) is 4.56. The molecule has 0 radical (unpaired) electrons. The number of amides is 3. The monoisotopic (exact) mass is 495 g/mol. The Labute approximate surface area is 211 Å². The first-order valence-electron chi connectivity index (χ1n) is 12.3. The minimum Gasteiger partial charge on any atom is -0.457 e. The van der Waals surface area contributed by atoms with Crippen molar-refractivity contribution >= 4 is 17.7 Å². The molecule has 3 amide bonds. The molecule has 0 spiro atoms. The normalized spacial score (nSPS) is 21.2. The van der Waals surface area contributed by atoms with Gasteiger partial charge < -0.3 is 29.3 Å². The Morgan fingerprint density at radius 3 is 2.56 bits per heavy atom. The number of nitrogens with zero attached hydrogens (tertiary/aromatic N) is 2. The molecule has 9 nitrogen and oxygen atoms in total. The van der Waals surface area contributed by atoms with Crippen LogP contribution in [0, 0.1) is 0 Å². The second-order valence-corrected chi connectivity index (χ2v) is 9.07. The number of ether oxygens (including phenoxy) is 3. The molecule has 2 aliphatic heterocycles. The first kappa shape index (κ1) is 25.7. The van der Waals surface area contributed by atoms with Gasteiger partial charge in [0.1, 0.15) is 18.1 Å². The number of piperidine rings is 1. The van der Waals surface area contributed by atoms with E-state index in [1.54, 1.807) is 4.90 Å². The zero-order chi connectivity index (χ0) is 25.5. The van der Waals surface area contributed by atoms with Crippen LogP contribution < -0.4 is 10.1 Å². The van der Waals surface area contributed by atoms with Gasteiger partial charge in [-0.25, -0.2) is 0 Å². The highest BCUT2D eigenvalue weighted by atomic mass is 16.5. The van der Waals surface area contributed by atoms with Crippen LogP contribution in [0.25, 0.3) is 0 Å². The summed E-state index contributed by atoms with van der Waals surface area (Å²) in [6.07, 6.45) is 0.438. The van der Waals surface area contributed by atoms with Crippen molar-refractivity contribution in [1.82, 2.24) is 15.1 Å². The van der Waals surface area contributed by atoms with Crippen LogP contribution in [0.1, 0.15) is 24.5 Å². The molecule has 2 heterocycles. The quantitative estimate of drug-likeness (QED) is 0.701. The number of likely N-dealkylation sites (N-methyl/N-ethyl adjacent to an activating group) is 1. The lowest BCUT2D eigenvalue weighted by molar-refractivity contribution is -0.141. The molecule has 2 aliphatic rings. The highest BCUT2D eigenvalue weighted by molar-refractivity contribution is 5.86. The van der Waals surface area contributed by atoms with Crippen LogP contribution >= 0.6 is 0 Å². The molecule has 0 aliphatic carbocycles. The van der Waals surface area contributed by atoms with Crippen molar-refractivity contribution in [2.24, 2.45) is 0 Å². The van der Waals surface area contributed by atoms with E-state index >= 15 is 0 Å². The van der Waals surface area contributed by atoms with Gasteiger partial charge in [-0.1, -0.05) is 24.3 Å². The summed E-state index contributed by atoms with van der Waals surface area (Å²) in [4.78, 5) is 41.6. The van der Waals surface area contributed by atoms with Gasteiger partial charge in [-0.3, -0.25) is 14.4 Å². The SMILES string of the molecule is CCN1CC(=O)N[C@H]2CN(C(=O)COC)CC[C@@H]2OCc2cccc(c2)Oc2cccc(c2)CC1=O. The van der Waals surface area contributed by atoms with Crippen molar-refractivity contribution < 1.29 is 28.6 Å². The lowest BCUT2D eigenvalue weighted by Crippen LogP contribution is -2.58. The third-order valence-corrected chi connectivity index (χ3v) is 6.44. The maximum absolute atomic E-state index is 13.0. The number of nitrogens with one attached hydrogen (secondary N) is 1. The van der Waals surface area contributed by atoms with Gasteiger partial charge in [0, 0.05) is 26.7 Å². The molecule has 192 valence electrons. The average molecular weight is 496 g/mol. The van der Waals surface area contributed by atoms with Gasteiger partial charge in [0.05, 0.1) is 31.7 Å². The van der Waals surface area contributed by atoms with E-state index in [4.69, 9.17) is 14.2 Å². The van der Waals surface area contributed by atoms with E-state index in [0.29, 0.717) is 44.2 Å². The molecule has 2 aromatic carbocycles. The smallest absolute Gasteiger partial charge is 0.248 e. The molecular weight excluding hydrogens is 462 g/mol. The van der Waals surface area contributed by atoms with Crippen molar-refractivity contribution in [3.05, 3.63) is 59.7 Å². The van der Waals surface area contributed by atoms with Crippen molar-refractivity contribution in [2.45, 2.75) is 38.5 Å². The largest absolute Gasteiger partial charge is 0.457 e. The van der Waals surface area contributed by atoms with E-state index in [0.717, 1.165) is 11.1 Å². The van der Waals surface area contributed by atoms with E-state index in [1.165, 1.54) is 12.0 Å². The van der Waals surface area contributed by atoms with Crippen LogP contribution in [0.15, 0.2) is 48.5 Å². The third kappa shape index (κ3) is 6.61. The highest BCUT2D eigenvalue weighted by Crippen LogP contribution is 2.25. The summed E-state index contributed by atoms with van der Waals surface area (Å²) >= 11 is 0. The molecule has 4 bridgehead atoms. The average Bonchev–Trinajstić information content (AvgIpc) is 2.86. The van der Waals surface area contributed by atoms with E-state index < -0.39 is 6.04 Å². The molecule has 1 fully saturated rings. The maximum atomic E-state index is 13.0. The molecule has 9 heteroatoms.